The minimum atomic E-state index is -4.26. The Labute approximate surface area is 167 Å². The predicted molar refractivity (Wildman–Crippen MR) is 97.4 cm³/mol. The fourth-order valence-corrected chi connectivity index (χ4v) is 4.09. The van der Waals surface area contributed by atoms with E-state index in [1.165, 1.54) is 7.11 Å². The standard InChI is InChI=1S/C16H25N2O10P/c1-10-12(24-8-18-10)15(21)25-9-27-29(22)26-7-16(2,3)13(28-29)14(20)17-6-5-11(19)23-4/h8,13,22,29H,5-7,9H2,1-4H3,(H,17,20)/t13-/m0/s1. The summed E-state index contributed by atoms with van der Waals surface area (Å²) in [5.74, 6) is -1.97. The van der Waals surface area contributed by atoms with E-state index in [9.17, 15) is 19.3 Å². The molecular weight excluding hydrogens is 411 g/mol. The average Bonchev–Trinajstić information content (AvgIpc) is 3.09. The van der Waals surface area contributed by atoms with Crippen LogP contribution >= 0.6 is 8.17 Å². The summed E-state index contributed by atoms with van der Waals surface area (Å²) in [7, 11) is -3.02. The number of aromatic nitrogens is 1. The van der Waals surface area contributed by atoms with Gasteiger partial charge in [0, 0.05) is 0 Å². The Morgan fingerprint density at radius 1 is 1.41 bits per heavy atom. The van der Waals surface area contributed by atoms with Gasteiger partial charge in [0.1, 0.15) is 0 Å². The summed E-state index contributed by atoms with van der Waals surface area (Å²) in [6.07, 6.45) is -0.0348. The van der Waals surface area contributed by atoms with Crippen LogP contribution in [0.1, 0.15) is 36.5 Å². The van der Waals surface area contributed by atoms with E-state index in [0.717, 1.165) is 6.39 Å². The van der Waals surface area contributed by atoms with E-state index in [0.29, 0.717) is 5.69 Å². The number of methoxy groups -OCH3 is 1. The third-order valence-corrected chi connectivity index (χ3v) is 5.58. The van der Waals surface area contributed by atoms with Gasteiger partial charge in [-0.3, -0.25) is 0 Å². The third kappa shape index (κ3) is 6.18. The van der Waals surface area contributed by atoms with Crippen molar-refractivity contribution in [2.75, 3.05) is 27.1 Å². The van der Waals surface area contributed by atoms with E-state index in [4.69, 9.17) is 22.7 Å². The third-order valence-electron chi connectivity index (χ3n) is 4.06. The molecule has 0 aliphatic carbocycles. The Hall–Kier alpha value is -2.11. The molecule has 1 saturated heterocycles. The second-order valence-electron chi connectivity index (χ2n) is 6.88. The Morgan fingerprint density at radius 3 is 2.76 bits per heavy atom. The van der Waals surface area contributed by atoms with Gasteiger partial charge in [-0.15, -0.1) is 0 Å². The predicted octanol–water partition coefficient (Wildman–Crippen LogP) is 0.637. The molecule has 2 rings (SSSR count). The molecule has 1 atom stereocenters. The van der Waals surface area contributed by atoms with E-state index < -0.39 is 44.3 Å². The van der Waals surface area contributed by atoms with Crippen molar-refractivity contribution >= 4 is 26.0 Å². The van der Waals surface area contributed by atoms with E-state index in [2.05, 4.69) is 15.0 Å². The Bertz CT molecular complexity index is 752. The first kappa shape index (κ1) is 23.2. The van der Waals surface area contributed by atoms with Gasteiger partial charge in [-0.05, 0) is 0 Å². The van der Waals surface area contributed by atoms with Crippen LogP contribution in [0.2, 0.25) is 0 Å². The van der Waals surface area contributed by atoms with E-state index in [-0.39, 0.29) is 25.3 Å². The molecule has 1 aliphatic rings. The van der Waals surface area contributed by atoms with Crippen LogP contribution in [-0.4, -0.2) is 60.9 Å². The van der Waals surface area contributed by atoms with Crippen LogP contribution in [0.4, 0.5) is 0 Å². The quantitative estimate of drug-likeness (QED) is 0.335. The second-order valence-corrected chi connectivity index (χ2v) is 8.74. The molecule has 2 N–H and O–H groups in total. The number of nitrogens with zero attached hydrogens (tertiary/aromatic N) is 1. The summed E-state index contributed by atoms with van der Waals surface area (Å²) in [6, 6.07) is 0. The molecule has 164 valence electrons. The SMILES string of the molecule is COC(=O)CCNC(=O)[C@@H]1O[PH](O)(OCOC(=O)c2ocnc2C)OCC1(C)C. The molecule has 0 unspecified atom stereocenters. The Balaban J connectivity index is 1.90. The molecule has 13 heteroatoms. The van der Waals surface area contributed by atoms with Gasteiger partial charge in [-0.25, -0.2) is 0 Å². The number of oxazole rings is 1. The number of ether oxygens (including phenoxy) is 2. The van der Waals surface area contributed by atoms with Crippen LogP contribution in [0, 0.1) is 12.3 Å². The fourth-order valence-electron chi connectivity index (χ4n) is 2.38. The molecule has 1 aromatic rings. The first-order valence-electron chi connectivity index (χ1n) is 8.68. The van der Waals surface area contributed by atoms with Crippen LogP contribution in [0.3, 0.4) is 0 Å². The first-order valence-corrected chi connectivity index (χ1v) is 10.3. The normalized spacial score (nSPS) is 21.1. The zero-order valence-corrected chi connectivity index (χ0v) is 17.6. The van der Waals surface area contributed by atoms with Gasteiger partial charge in [0.25, 0.3) is 0 Å². The zero-order valence-electron chi connectivity index (χ0n) is 16.6. The van der Waals surface area contributed by atoms with Crippen molar-refractivity contribution in [1.29, 1.82) is 0 Å². The summed E-state index contributed by atoms with van der Waals surface area (Å²) in [5.41, 5.74) is -0.451. The monoisotopic (exact) mass is 436 g/mol. The number of esters is 2. The minimum absolute atomic E-state index is 0.0128. The second kappa shape index (κ2) is 9.59. The molecule has 29 heavy (non-hydrogen) atoms. The van der Waals surface area contributed by atoms with E-state index >= 15 is 0 Å². The summed E-state index contributed by atoms with van der Waals surface area (Å²) in [4.78, 5) is 49.7. The maximum absolute atomic E-state index is 12.5. The number of rotatable bonds is 8. The van der Waals surface area contributed by atoms with Crippen LogP contribution in [-0.2, 0) is 32.6 Å². The number of carbonyl (C=O) groups is 3. The summed E-state index contributed by atoms with van der Waals surface area (Å²) < 4.78 is 30.1. The van der Waals surface area contributed by atoms with Gasteiger partial charge in [0.2, 0.25) is 0 Å². The Kier molecular flexibility index (Phi) is 7.66. The topological polar surface area (TPSA) is 156 Å². The molecule has 1 fully saturated rings. The van der Waals surface area contributed by atoms with Crippen LogP contribution in [0.25, 0.3) is 0 Å². The number of nitrogens with one attached hydrogen (secondary N) is 1. The van der Waals surface area contributed by atoms with Crippen molar-refractivity contribution in [2.24, 2.45) is 5.41 Å². The van der Waals surface area contributed by atoms with Gasteiger partial charge in [0.05, 0.1) is 0 Å². The van der Waals surface area contributed by atoms with Crippen molar-refractivity contribution in [3.05, 3.63) is 17.8 Å². The zero-order chi connectivity index (χ0) is 21.7. The van der Waals surface area contributed by atoms with Gasteiger partial charge in [0.15, 0.2) is 0 Å². The number of amides is 1. The van der Waals surface area contributed by atoms with Gasteiger partial charge in [-0.2, -0.15) is 0 Å². The molecule has 0 saturated carbocycles. The van der Waals surface area contributed by atoms with Crippen molar-refractivity contribution in [1.82, 2.24) is 10.3 Å². The first-order chi connectivity index (χ1) is 13.6. The maximum atomic E-state index is 12.5. The summed E-state index contributed by atoms with van der Waals surface area (Å²) in [6.45, 7) is 4.29. The van der Waals surface area contributed by atoms with Crippen LogP contribution in [0.15, 0.2) is 10.8 Å². The van der Waals surface area contributed by atoms with Crippen LogP contribution in [0.5, 0.6) is 0 Å². The number of hydrogen-bond donors (Lipinski definition) is 2. The number of carbonyl (C=O) groups excluding carboxylic acids is 3. The molecule has 0 aromatic carbocycles. The van der Waals surface area contributed by atoms with E-state index in [1.54, 1.807) is 20.8 Å². The molecule has 0 radical (unpaired) electrons. The van der Waals surface area contributed by atoms with Crippen molar-refractivity contribution in [3.63, 3.8) is 0 Å². The fraction of sp³-hybridized carbons (Fsp3) is 0.625. The molecular formula is C16H25N2O10P. The van der Waals surface area contributed by atoms with Crippen molar-refractivity contribution < 1.29 is 46.7 Å². The van der Waals surface area contributed by atoms with Gasteiger partial charge >= 0.3 is 167 Å². The van der Waals surface area contributed by atoms with Crippen molar-refractivity contribution in [2.45, 2.75) is 33.3 Å². The molecule has 1 aromatic heterocycles. The number of hydrogen-bond acceptors (Lipinski definition) is 11. The molecule has 2 heterocycles. The molecule has 0 bridgehead atoms. The van der Waals surface area contributed by atoms with Gasteiger partial charge in [-0.1, -0.05) is 0 Å². The van der Waals surface area contributed by atoms with Gasteiger partial charge < -0.3 is 0 Å². The molecule has 1 aliphatic heterocycles. The molecule has 0 spiro atoms. The average molecular weight is 436 g/mol. The van der Waals surface area contributed by atoms with Crippen LogP contribution < -0.4 is 5.32 Å². The number of aryl methyl sites for hydroxylation is 1. The summed E-state index contributed by atoms with van der Waals surface area (Å²) >= 11 is 0. The van der Waals surface area contributed by atoms with E-state index in [1.807, 2.05) is 0 Å². The van der Waals surface area contributed by atoms with Crippen molar-refractivity contribution in [3.8, 4) is 0 Å². The Morgan fingerprint density at radius 2 is 2.14 bits per heavy atom. The molecule has 1 amide bonds. The molecule has 12 nitrogen and oxygen atoms in total. The summed E-state index contributed by atoms with van der Waals surface area (Å²) in [5, 5.41) is 2.54.